The number of hydrogen-bond donors (Lipinski definition) is 1. The van der Waals surface area contributed by atoms with Crippen LogP contribution in [0, 0.1) is 6.92 Å². The second-order valence-electron chi connectivity index (χ2n) is 4.03. The number of halogens is 1. The fourth-order valence-electron chi connectivity index (χ4n) is 1.60. The van der Waals surface area contributed by atoms with E-state index in [1.165, 1.54) is 0 Å². The van der Waals surface area contributed by atoms with E-state index in [1.54, 1.807) is 4.68 Å². The second kappa shape index (κ2) is 4.98. The van der Waals surface area contributed by atoms with Crippen molar-refractivity contribution in [2.75, 3.05) is 0 Å². The van der Waals surface area contributed by atoms with Crippen LogP contribution in [0.5, 0.6) is 0 Å². The van der Waals surface area contributed by atoms with Crippen LogP contribution in [0.1, 0.15) is 30.6 Å². The Labute approximate surface area is 109 Å². The van der Waals surface area contributed by atoms with Gasteiger partial charge in [0, 0.05) is 4.47 Å². The van der Waals surface area contributed by atoms with Crippen molar-refractivity contribution in [3.63, 3.8) is 0 Å². The number of hydrogen-bond acceptors (Lipinski definition) is 3. The van der Waals surface area contributed by atoms with Gasteiger partial charge in [0.25, 0.3) is 0 Å². The summed E-state index contributed by atoms with van der Waals surface area (Å²) < 4.78 is 2.79. The average Bonchev–Trinajstić information content (AvgIpc) is 2.80. The summed E-state index contributed by atoms with van der Waals surface area (Å²) in [5.41, 5.74) is 8.92. The SMILES string of the molecule is CCC(N)c1cn(-c2cc(Br)ccc2C)nn1. The van der Waals surface area contributed by atoms with Gasteiger partial charge in [-0.15, -0.1) is 5.10 Å². The zero-order chi connectivity index (χ0) is 12.4. The predicted molar refractivity (Wildman–Crippen MR) is 71.0 cm³/mol. The van der Waals surface area contributed by atoms with Gasteiger partial charge in [-0.3, -0.25) is 0 Å². The van der Waals surface area contributed by atoms with Gasteiger partial charge >= 0.3 is 0 Å². The van der Waals surface area contributed by atoms with Crippen LogP contribution in [-0.2, 0) is 0 Å². The summed E-state index contributed by atoms with van der Waals surface area (Å²) in [6.45, 7) is 4.08. The lowest BCUT2D eigenvalue weighted by Gasteiger charge is -2.05. The van der Waals surface area contributed by atoms with Gasteiger partial charge in [-0.25, -0.2) is 4.68 Å². The summed E-state index contributed by atoms with van der Waals surface area (Å²) >= 11 is 3.46. The molecular weight excluding hydrogens is 280 g/mol. The average molecular weight is 295 g/mol. The van der Waals surface area contributed by atoms with E-state index in [-0.39, 0.29) is 6.04 Å². The Kier molecular flexibility index (Phi) is 3.59. The van der Waals surface area contributed by atoms with E-state index in [2.05, 4.69) is 26.2 Å². The minimum Gasteiger partial charge on any atom is -0.323 e. The predicted octanol–water partition coefficient (Wildman–Crippen LogP) is 2.75. The summed E-state index contributed by atoms with van der Waals surface area (Å²) in [6, 6.07) is 6.02. The summed E-state index contributed by atoms with van der Waals surface area (Å²) in [6.07, 6.45) is 2.75. The zero-order valence-corrected chi connectivity index (χ0v) is 11.5. The highest BCUT2D eigenvalue weighted by molar-refractivity contribution is 9.10. The molecule has 0 aliphatic heterocycles. The van der Waals surface area contributed by atoms with Crippen molar-refractivity contribution in [1.29, 1.82) is 0 Å². The van der Waals surface area contributed by atoms with E-state index >= 15 is 0 Å². The minimum atomic E-state index is -0.0452. The van der Waals surface area contributed by atoms with Crippen molar-refractivity contribution in [3.8, 4) is 5.69 Å². The van der Waals surface area contributed by atoms with Gasteiger partial charge in [-0.05, 0) is 31.0 Å². The molecule has 0 aliphatic carbocycles. The topological polar surface area (TPSA) is 56.7 Å². The van der Waals surface area contributed by atoms with Gasteiger partial charge in [0.1, 0.15) is 0 Å². The molecule has 0 saturated carbocycles. The number of aromatic nitrogens is 3. The molecule has 1 atom stereocenters. The standard InChI is InChI=1S/C12H15BrN4/c1-3-10(14)11-7-17(16-15-11)12-6-9(13)5-4-8(12)2/h4-7,10H,3,14H2,1-2H3. The summed E-state index contributed by atoms with van der Waals surface area (Å²) in [5.74, 6) is 0. The van der Waals surface area contributed by atoms with Crippen LogP contribution in [0.25, 0.3) is 5.69 Å². The molecule has 2 aromatic rings. The van der Waals surface area contributed by atoms with Crippen LogP contribution in [0.15, 0.2) is 28.9 Å². The Bertz CT molecular complexity index is 521. The number of nitrogens with two attached hydrogens (primary N) is 1. The zero-order valence-electron chi connectivity index (χ0n) is 9.89. The van der Waals surface area contributed by atoms with Crippen LogP contribution in [0.4, 0.5) is 0 Å². The molecule has 0 fully saturated rings. The molecule has 0 aliphatic rings. The van der Waals surface area contributed by atoms with Crippen molar-refractivity contribution in [3.05, 3.63) is 40.1 Å². The molecule has 2 rings (SSSR count). The lowest BCUT2D eigenvalue weighted by Crippen LogP contribution is -2.08. The highest BCUT2D eigenvalue weighted by atomic mass is 79.9. The van der Waals surface area contributed by atoms with Crippen LogP contribution in [0.2, 0.25) is 0 Å². The third kappa shape index (κ3) is 2.56. The van der Waals surface area contributed by atoms with Crippen LogP contribution >= 0.6 is 15.9 Å². The quantitative estimate of drug-likeness (QED) is 0.947. The van der Waals surface area contributed by atoms with Crippen LogP contribution in [0.3, 0.4) is 0 Å². The molecule has 2 N–H and O–H groups in total. The summed E-state index contributed by atoms with van der Waals surface area (Å²) in [5, 5.41) is 8.23. The fourth-order valence-corrected chi connectivity index (χ4v) is 1.95. The molecule has 4 nitrogen and oxygen atoms in total. The Hall–Kier alpha value is -1.20. The van der Waals surface area contributed by atoms with Crippen LogP contribution in [-0.4, -0.2) is 15.0 Å². The van der Waals surface area contributed by atoms with Crippen LogP contribution < -0.4 is 5.73 Å². The third-order valence-electron chi connectivity index (χ3n) is 2.75. The summed E-state index contributed by atoms with van der Waals surface area (Å²) in [7, 11) is 0. The van der Waals surface area contributed by atoms with E-state index in [4.69, 9.17) is 5.73 Å². The van der Waals surface area contributed by atoms with E-state index in [9.17, 15) is 0 Å². The first-order valence-corrected chi connectivity index (χ1v) is 6.35. The second-order valence-corrected chi connectivity index (χ2v) is 4.95. The normalized spacial score (nSPS) is 12.7. The van der Waals surface area contributed by atoms with E-state index in [1.807, 2.05) is 38.2 Å². The maximum Gasteiger partial charge on any atom is 0.0998 e. The number of nitrogens with zero attached hydrogens (tertiary/aromatic N) is 3. The molecule has 0 radical (unpaired) electrons. The molecule has 90 valence electrons. The van der Waals surface area contributed by atoms with Gasteiger partial charge in [-0.2, -0.15) is 0 Å². The fraction of sp³-hybridized carbons (Fsp3) is 0.333. The van der Waals surface area contributed by atoms with Crippen molar-refractivity contribution in [2.24, 2.45) is 5.73 Å². The maximum absolute atomic E-state index is 5.93. The van der Waals surface area contributed by atoms with Gasteiger partial charge in [-0.1, -0.05) is 34.1 Å². The molecule has 1 unspecified atom stereocenters. The van der Waals surface area contributed by atoms with Crippen molar-refractivity contribution < 1.29 is 0 Å². The first-order chi connectivity index (χ1) is 8.11. The Balaban J connectivity index is 2.40. The van der Waals surface area contributed by atoms with E-state index in [0.29, 0.717) is 0 Å². The smallest absolute Gasteiger partial charge is 0.0998 e. The lowest BCUT2D eigenvalue weighted by atomic mass is 10.2. The van der Waals surface area contributed by atoms with Gasteiger partial charge in [0.15, 0.2) is 0 Å². The molecule has 1 heterocycles. The lowest BCUT2D eigenvalue weighted by molar-refractivity contribution is 0.670. The molecule has 0 spiro atoms. The van der Waals surface area contributed by atoms with Crippen molar-refractivity contribution in [2.45, 2.75) is 26.3 Å². The number of aryl methyl sites for hydroxylation is 1. The molecule has 1 aromatic carbocycles. The molecule has 5 heteroatoms. The van der Waals surface area contributed by atoms with E-state index < -0.39 is 0 Å². The maximum atomic E-state index is 5.93. The van der Waals surface area contributed by atoms with Crippen molar-refractivity contribution in [1.82, 2.24) is 15.0 Å². The molecule has 0 bridgehead atoms. The Morgan fingerprint density at radius 3 is 2.94 bits per heavy atom. The first-order valence-electron chi connectivity index (χ1n) is 5.56. The number of rotatable bonds is 3. The minimum absolute atomic E-state index is 0.0452. The molecule has 1 aromatic heterocycles. The highest BCUT2D eigenvalue weighted by Crippen LogP contribution is 2.20. The van der Waals surface area contributed by atoms with Crippen molar-refractivity contribution >= 4 is 15.9 Å². The Morgan fingerprint density at radius 2 is 2.24 bits per heavy atom. The summed E-state index contributed by atoms with van der Waals surface area (Å²) in [4.78, 5) is 0. The van der Waals surface area contributed by atoms with Gasteiger partial charge in [0.2, 0.25) is 0 Å². The highest BCUT2D eigenvalue weighted by Gasteiger charge is 2.10. The third-order valence-corrected chi connectivity index (χ3v) is 3.24. The monoisotopic (exact) mass is 294 g/mol. The number of benzene rings is 1. The first kappa shape index (κ1) is 12.3. The van der Waals surface area contributed by atoms with E-state index in [0.717, 1.165) is 27.8 Å². The largest absolute Gasteiger partial charge is 0.323 e. The van der Waals surface area contributed by atoms with Gasteiger partial charge < -0.3 is 5.73 Å². The Morgan fingerprint density at radius 1 is 1.47 bits per heavy atom. The molecule has 0 saturated heterocycles. The molecule has 17 heavy (non-hydrogen) atoms. The van der Waals surface area contributed by atoms with Gasteiger partial charge in [0.05, 0.1) is 23.6 Å². The molecule has 0 amide bonds. The molecular formula is C12H15BrN4.